The van der Waals surface area contributed by atoms with Crippen LogP contribution < -0.4 is 15.0 Å². The molecule has 2 aromatic carbocycles. The van der Waals surface area contributed by atoms with Crippen LogP contribution in [0.15, 0.2) is 65.7 Å². The summed E-state index contributed by atoms with van der Waals surface area (Å²) in [5, 5.41) is 3.92. The van der Waals surface area contributed by atoms with Crippen LogP contribution >= 0.6 is 23.8 Å². The summed E-state index contributed by atoms with van der Waals surface area (Å²) in [5.41, 5.74) is 1.91. The molecule has 1 aromatic heterocycles. The number of hydrogen-bond donors (Lipinski definition) is 1. The Morgan fingerprint density at radius 3 is 2.50 bits per heavy atom. The molecule has 0 amide bonds. The Labute approximate surface area is 149 Å². The molecule has 3 aromatic rings. The molecule has 0 saturated carbocycles. The van der Waals surface area contributed by atoms with Gasteiger partial charge in [0.15, 0.2) is 5.11 Å². The minimum Gasteiger partial charge on any atom is -0.332 e. The Morgan fingerprint density at radius 2 is 1.75 bits per heavy atom. The highest BCUT2D eigenvalue weighted by Crippen LogP contribution is 2.20. The van der Waals surface area contributed by atoms with Crippen molar-refractivity contribution in [1.29, 1.82) is 0 Å². The fourth-order valence-electron chi connectivity index (χ4n) is 2.55. The van der Waals surface area contributed by atoms with Gasteiger partial charge in [0, 0.05) is 30.3 Å². The van der Waals surface area contributed by atoms with E-state index >= 15 is 0 Å². The molecule has 1 N–H and O–H groups in total. The van der Waals surface area contributed by atoms with Crippen LogP contribution in [0.1, 0.15) is 0 Å². The molecule has 0 fully saturated rings. The van der Waals surface area contributed by atoms with E-state index in [0.29, 0.717) is 5.11 Å². The zero-order valence-corrected chi connectivity index (χ0v) is 14.4. The molecular formula is C17H15N5S2. The summed E-state index contributed by atoms with van der Waals surface area (Å²) in [5.74, 6) is 0.850. The van der Waals surface area contributed by atoms with Crippen LogP contribution in [0.5, 0.6) is 0 Å². The van der Waals surface area contributed by atoms with Gasteiger partial charge in [0.05, 0.1) is 5.69 Å². The zero-order valence-electron chi connectivity index (χ0n) is 12.8. The van der Waals surface area contributed by atoms with Crippen LogP contribution in [-0.4, -0.2) is 20.6 Å². The first kappa shape index (κ1) is 15.0. The molecule has 0 spiro atoms. The van der Waals surface area contributed by atoms with Crippen molar-refractivity contribution in [2.24, 2.45) is 4.99 Å². The second-order valence-electron chi connectivity index (χ2n) is 5.31. The standard InChI is InChI=1S/C17H15N5S2/c23-16(18-13-7-3-1-4-8-13)21-11-12-22-15(21)20-24-17(22)19-14-9-5-2-6-10-14/h1-10H,11-12H2,(H,18,23). The number of benzene rings is 2. The van der Waals surface area contributed by atoms with E-state index < -0.39 is 0 Å². The molecule has 120 valence electrons. The van der Waals surface area contributed by atoms with E-state index in [0.717, 1.165) is 35.2 Å². The Morgan fingerprint density at radius 1 is 1.04 bits per heavy atom. The Bertz CT molecular complexity index is 915. The van der Waals surface area contributed by atoms with Gasteiger partial charge in [-0.05, 0) is 36.5 Å². The second-order valence-corrected chi connectivity index (χ2v) is 6.43. The van der Waals surface area contributed by atoms with Crippen molar-refractivity contribution in [2.75, 3.05) is 16.8 Å². The zero-order chi connectivity index (χ0) is 16.4. The number of anilines is 2. The van der Waals surface area contributed by atoms with Crippen molar-refractivity contribution >= 4 is 46.2 Å². The fraction of sp³-hybridized carbons (Fsp3) is 0.118. The van der Waals surface area contributed by atoms with Gasteiger partial charge in [-0.1, -0.05) is 36.4 Å². The van der Waals surface area contributed by atoms with Gasteiger partial charge in [-0.15, -0.1) is 0 Å². The third-order valence-corrected chi connectivity index (χ3v) is 4.77. The summed E-state index contributed by atoms with van der Waals surface area (Å²) in [4.78, 5) is 7.59. The molecule has 0 atom stereocenters. The van der Waals surface area contributed by atoms with Crippen molar-refractivity contribution in [1.82, 2.24) is 8.94 Å². The maximum Gasteiger partial charge on any atom is 0.225 e. The highest BCUT2D eigenvalue weighted by molar-refractivity contribution is 7.80. The lowest BCUT2D eigenvalue weighted by Gasteiger charge is -2.17. The lowest BCUT2D eigenvalue weighted by molar-refractivity contribution is 0.772. The number of fused-ring (bicyclic) bond motifs is 1. The van der Waals surface area contributed by atoms with Gasteiger partial charge in [-0.2, -0.15) is 4.37 Å². The molecule has 7 heteroatoms. The van der Waals surface area contributed by atoms with Crippen LogP contribution in [0, 0.1) is 0 Å². The molecule has 0 radical (unpaired) electrons. The molecule has 24 heavy (non-hydrogen) atoms. The van der Waals surface area contributed by atoms with Crippen LogP contribution in [-0.2, 0) is 6.54 Å². The van der Waals surface area contributed by atoms with Crippen LogP contribution in [0.4, 0.5) is 17.3 Å². The molecule has 4 rings (SSSR count). The maximum atomic E-state index is 5.55. The van der Waals surface area contributed by atoms with Crippen molar-refractivity contribution in [3.05, 3.63) is 65.5 Å². The first-order chi connectivity index (χ1) is 11.8. The van der Waals surface area contributed by atoms with E-state index in [1.165, 1.54) is 11.5 Å². The monoisotopic (exact) mass is 353 g/mol. The summed E-state index contributed by atoms with van der Waals surface area (Å²) in [6, 6.07) is 19.9. The largest absolute Gasteiger partial charge is 0.332 e. The fourth-order valence-corrected chi connectivity index (χ4v) is 3.62. The summed E-state index contributed by atoms with van der Waals surface area (Å²) in [6.07, 6.45) is 0. The Kier molecular flexibility index (Phi) is 4.10. The average molecular weight is 353 g/mol. The highest BCUT2D eigenvalue weighted by atomic mass is 32.1. The smallest absolute Gasteiger partial charge is 0.225 e. The van der Waals surface area contributed by atoms with Crippen LogP contribution in [0.2, 0.25) is 0 Å². The number of rotatable bonds is 2. The second kappa shape index (κ2) is 6.54. The third-order valence-electron chi connectivity index (χ3n) is 3.72. The number of hydrogen-bond acceptors (Lipinski definition) is 4. The number of nitrogens with zero attached hydrogens (tertiary/aromatic N) is 4. The van der Waals surface area contributed by atoms with Crippen molar-refractivity contribution in [3.63, 3.8) is 0 Å². The average Bonchev–Trinajstić information content (AvgIpc) is 3.20. The van der Waals surface area contributed by atoms with Gasteiger partial charge in [-0.3, -0.25) is 9.47 Å². The van der Waals surface area contributed by atoms with E-state index in [1.54, 1.807) is 0 Å². The molecule has 0 bridgehead atoms. The van der Waals surface area contributed by atoms with Gasteiger partial charge in [-0.25, -0.2) is 4.99 Å². The van der Waals surface area contributed by atoms with E-state index in [1.807, 2.05) is 65.6 Å². The SMILES string of the molecule is S=C(Nc1ccccc1)N1CCn2c1nsc2=Nc1ccccc1. The van der Waals surface area contributed by atoms with Gasteiger partial charge in [0.2, 0.25) is 10.7 Å². The van der Waals surface area contributed by atoms with Gasteiger partial charge in [0.1, 0.15) is 0 Å². The first-order valence-corrected chi connectivity index (χ1v) is 8.79. The maximum absolute atomic E-state index is 5.55. The minimum absolute atomic E-state index is 0.656. The highest BCUT2D eigenvalue weighted by Gasteiger charge is 2.25. The van der Waals surface area contributed by atoms with Gasteiger partial charge in [0.25, 0.3) is 0 Å². The topological polar surface area (TPSA) is 45.5 Å². The van der Waals surface area contributed by atoms with E-state index in [2.05, 4.69) is 19.2 Å². The summed E-state index contributed by atoms with van der Waals surface area (Å²) < 4.78 is 6.65. The Balaban J connectivity index is 1.59. The predicted molar refractivity (Wildman–Crippen MR) is 102 cm³/mol. The molecule has 2 heterocycles. The summed E-state index contributed by atoms with van der Waals surface area (Å²) in [7, 11) is 0. The summed E-state index contributed by atoms with van der Waals surface area (Å²) in [6.45, 7) is 1.62. The molecule has 5 nitrogen and oxygen atoms in total. The van der Waals surface area contributed by atoms with Gasteiger partial charge >= 0.3 is 0 Å². The van der Waals surface area contributed by atoms with E-state index in [-0.39, 0.29) is 0 Å². The van der Waals surface area contributed by atoms with E-state index in [4.69, 9.17) is 12.2 Å². The number of nitrogens with one attached hydrogen (secondary N) is 1. The number of thiocarbonyl (C=S) groups is 1. The quantitative estimate of drug-likeness (QED) is 0.717. The normalized spacial score (nSPS) is 13.8. The lowest BCUT2D eigenvalue weighted by Crippen LogP contribution is -2.33. The van der Waals surface area contributed by atoms with Crippen molar-refractivity contribution in [3.8, 4) is 0 Å². The first-order valence-electron chi connectivity index (χ1n) is 7.61. The van der Waals surface area contributed by atoms with Gasteiger partial charge < -0.3 is 5.32 Å². The predicted octanol–water partition coefficient (Wildman–Crippen LogP) is 3.39. The van der Waals surface area contributed by atoms with Crippen molar-refractivity contribution in [2.45, 2.75) is 6.54 Å². The lowest BCUT2D eigenvalue weighted by atomic mass is 10.3. The molecule has 0 unspecified atom stereocenters. The minimum atomic E-state index is 0.656. The van der Waals surface area contributed by atoms with Crippen molar-refractivity contribution < 1.29 is 0 Å². The number of aromatic nitrogens is 2. The third kappa shape index (κ3) is 2.95. The number of para-hydroxylation sites is 2. The van der Waals surface area contributed by atoms with Crippen LogP contribution in [0.25, 0.3) is 0 Å². The molecule has 1 aliphatic heterocycles. The molecular weight excluding hydrogens is 338 g/mol. The molecule has 0 saturated heterocycles. The molecule has 1 aliphatic rings. The van der Waals surface area contributed by atoms with E-state index in [9.17, 15) is 0 Å². The van der Waals surface area contributed by atoms with Crippen LogP contribution in [0.3, 0.4) is 0 Å². The Hall–Kier alpha value is -2.51. The summed E-state index contributed by atoms with van der Waals surface area (Å²) >= 11 is 6.94. The molecule has 0 aliphatic carbocycles.